The van der Waals surface area contributed by atoms with Crippen molar-refractivity contribution in [2.45, 2.75) is 6.10 Å². The maximum absolute atomic E-state index is 4.79. The second kappa shape index (κ2) is 1.85. The molecule has 0 saturated carbocycles. The Kier molecular flexibility index (Phi) is 1.19. The Morgan fingerprint density at radius 1 is 2.00 bits per heavy atom. The number of epoxide rings is 1. The molecule has 1 fully saturated rings. The number of rotatable bonds is 2. The van der Waals surface area contributed by atoms with E-state index in [1.54, 1.807) is 0 Å². The molecule has 0 aromatic heterocycles. The predicted molar refractivity (Wildman–Crippen MR) is 24.5 cm³/mol. The standard InChI is InChI=1S/C5H6O2/c1-2-6-3-5-4-7-5/h1,5H,3-4H2. The minimum atomic E-state index is 0.288. The maximum atomic E-state index is 4.79. The van der Waals surface area contributed by atoms with Gasteiger partial charge in [-0.05, 0) is 0 Å². The first-order valence-corrected chi connectivity index (χ1v) is 2.12. The molecule has 7 heavy (non-hydrogen) atoms. The van der Waals surface area contributed by atoms with Crippen molar-refractivity contribution in [1.82, 2.24) is 0 Å². The van der Waals surface area contributed by atoms with Crippen LogP contribution in [-0.2, 0) is 9.47 Å². The predicted octanol–water partition coefficient (Wildman–Crippen LogP) is -0.00750. The van der Waals surface area contributed by atoms with Gasteiger partial charge in [0.05, 0.1) is 6.61 Å². The molecule has 2 nitrogen and oxygen atoms in total. The molecule has 1 heterocycles. The first-order chi connectivity index (χ1) is 3.43. The first kappa shape index (κ1) is 4.48. The van der Waals surface area contributed by atoms with E-state index in [1.807, 2.05) is 0 Å². The quantitative estimate of drug-likeness (QED) is 0.358. The molecule has 1 unspecified atom stereocenters. The van der Waals surface area contributed by atoms with Crippen LogP contribution in [0.5, 0.6) is 0 Å². The number of hydrogen-bond donors (Lipinski definition) is 0. The van der Waals surface area contributed by atoms with Crippen LogP contribution in [0.1, 0.15) is 0 Å². The molecule has 38 valence electrons. The van der Waals surface area contributed by atoms with E-state index in [2.05, 4.69) is 10.8 Å². The summed E-state index contributed by atoms with van der Waals surface area (Å²) in [5.41, 5.74) is 0. The van der Waals surface area contributed by atoms with E-state index in [-0.39, 0.29) is 6.10 Å². The Labute approximate surface area is 42.4 Å². The van der Waals surface area contributed by atoms with Crippen molar-refractivity contribution in [2.24, 2.45) is 0 Å². The van der Waals surface area contributed by atoms with Crippen molar-refractivity contribution >= 4 is 0 Å². The van der Waals surface area contributed by atoms with E-state index in [0.29, 0.717) is 6.61 Å². The van der Waals surface area contributed by atoms with Gasteiger partial charge in [0.2, 0.25) is 0 Å². The lowest BCUT2D eigenvalue weighted by molar-refractivity contribution is 0.234. The highest BCUT2D eigenvalue weighted by molar-refractivity contribution is 4.74. The third-order valence-corrected chi connectivity index (χ3v) is 0.755. The zero-order chi connectivity index (χ0) is 5.11. The summed E-state index contributed by atoms with van der Waals surface area (Å²) in [4.78, 5) is 0. The van der Waals surface area contributed by atoms with Crippen molar-refractivity contribution < 1.29 is 9.47 Å². The minimum absolute atomic E-state index is 0.288. The molecule has 1 aliphatic rings. The van der Waals surface area contributed by atoms with Gasteiger partial charge in [-0.15, -0.1) is 0 Å². The lowest BCUT2D eigenvalue weighted by Crippen LogP contribution is -1.94. The number of terminal acetylenes is 1. The summed E-state index contributed by atoms with van der Waals surface area (Å²) < 4.78 is 9.35. The van der Waals surface area contributed by atoms with Gasteiger partial charge in [-0.2, -0.15) is 0 Å². The topological polar surface area (TPSA) is 21.8 Å². The zero-order valence-corrected chi connectivity index (χ0v) is 3.89. The fraction of sp³-hybridized carbons (Fsp3) is 0.600. The highest BCUT2D eigenvalue weighted by atomic mass is 16.6. The normalized spacial score (nSPS) is 25.9. The lowest BCUT2D eigenvalue weighted by atomic mass is 10.5. The number of hydrogen-bond acceptors (Lipinski definition) is 2. The van der Waals surface area contributed by atoms with Crippen LogP contribution in [0.3, 0.4) is 0 Å². The molecule has 0 aliphatic carbocycles. The highest BCUT2D eigenvalue weighted by Crippen LogP contribution is 2.07. The van der Waals surface area contributed by atoms with Gasteiger partial charge in [-0.25, -0.2) is 0 Å². The van der Waals surface area contributed by atoms with Crippen LogP contribution in [0.25, 0.3) is 0 Å². The summed E-state index contributed by atoms with van der Waals surface area (Å²) in [5, 5.41) is 0. The molecule has 2 heteroatoms. The van der Waals surface area contributed by atoms with Crippen LogP contribution in [-0.4, -0.2) is 19.3 Å². The molecule has 1 atom stereocenters. The molecular formula is C5H6O2. The van der Waals surface area contributed by atoms with Gasteiger partial charge in [0, 0.05) is 0 Å². The molecule has 0 amide bonds. The Morgan fingerprint density at radius 3 is 3.14 bits per heavy atom. The molecule has 0 bridgehead atoms. The van der Waals surface area contributed by atoms with Crippen molar-refractivity contribution in [3.8, 4) is 12.5 Å². The average molecular weight is 98.1 g/mol. The highest BCUT2D eigenvalue weighted by Gasteiger charge is 2.22. The maximum Gasteiger partial charge on any atom is 0.128 e. The van der Waals surface area contributed by atoms with Crippen molar-refractivity contribution in [3.05, 3.63) is 0 Å². The summed E-state index contributed by atoms with van der Waals surface area (Å²) in [5.74, 6) is 0. The Bertz CT molecular complexity index is 88.7. The van der Waals surface area contributed by atoms with Gasteiger partial charge >= 0.3 is 0 Å². The molecule has 0 N–H and O–H groups in total. The summed E-state index contributed by atoms with van der Waals surface area (Å²) >= 11 is 0. The lowest BCUT2D eigenvalue weighted by Gasteiger charge is -1.86. The molecule has 1 saturated heterocycles. The summed E-state index contributed by atoms with van der Waals surface area (Å²) in [6.07, 6.45) is 7.12. The molecule has 1 rings (SSSR count). The molecule has 0 aromatic rings. The second-order valence-electron chi connectivity index (χ2n) is 1.38. The minimum Gasteiger partial charge on any atom is -0.444 e. The monoisotopic (exact) mass is 98.0 g/mol. The van der Waals surface area contributed by atoms with Crippen LogP contribution >= 0.6 is 0 Å². The molecule has 0 radical (unpaired) electrons. The zero-order valence-electron chi connectivity index (χ0n) is 3.89. The van der Waals surface area contributed by atoms with Gasteiger partial charge < -0.3 is 9.47 Å². The van der Waals surface area contributed by atoms with Crippen LogP contribution < -0.4 is 0 Å². The molecule has 0 aromatic carbocycles. The summed E-state index contributed by atoms with van der Waals surface area (Å²) in [6, 6.07) is 0. The molecule has 0 spiro atoms. The molecular weight excluding hydrogens is 92.1 g/mol. The van der Waals surface area contributed by atoms with Crippen LogP contribution in [0.2, 0.25) is 0 Å². The van der Waals surface area contributed by atoms with Gasteiger partial charge in [-0.1, -0.05) is 6.42 Å². The fourth-order valence-electron chi connectivity index (χ4n) is 0.305. The first-order valence-electron chi connectivity index (χ1n) is 2.12. The summed E-state index contributed by atoms with van der Waals surface area (Å²) in [7, 11) is 0. The van der Waals surface area contributed by atoms with Crippen LogP contribution in [0, 0.1) is 12.5 Å². The smallest absolute Gasteiger partial charge is 0.128 e. The fourth-order valence-corrected chi connectivity index (χ4v) is 0.305. The van der Waals surface area contributed by atoms with Gasteiger partial charge in [0.1, 0.15) is 18.8 Å². The Balaban J connectivity index is 1.91. The van der Waals surface area contributed by atoms with Crippen LogP contribution in [0.4, 0.5) is 0 Å². The van der Waals surface area contributed by atoms with E-state index < -0.39 is 0 Å². The largest absolute Gasteiger partial charge is 0.444 e. The van der Waals surface area contributed by atoms with E-state index >= 15 is 0 Å². The second-order valence-corrected chi connectivity index (χ2v) is 1.38. The van der Waals surface area contributed by atoms with Crippen molar-refractivity contribution in [1.29, 1.82) is 0 Å². The third-order valence-electron chi connectivity index (χ3n) is 0.755. The Morgan fingerprint density at radius 2 is 2.71 bits per heavy atom. The van der Waals surface area contributed by atoms with Crippen molar-refractivity contribution in [3.63, 3.8) is 0 Å². The van der Waals surface area contributed by atoms with Gasteiger partial charge in [0.25, 0.3) is 0 Å². The van der Waals surface area contributed by atoms with E-state index in [4.69, 9.17) is 11.2 Å². The van der Waals surface area contributed by atoms with Gasteiger partial charge in [-0.3, -0.25) is 0 Å². The van der Waals surface area contributed by atoms with E-state index in [0.717, 1.165) is 6.61 Å². The van der Waals surface area contributed by atoms with Crippen molar-refractivity contribution in [2.75, 3.05) is 13.2 Å². The average Bonchev–Trinajstić information content (AvgIpc) is 2.42. The molecule has 1 aliphatic heterocycles. The SMILES string of the molecule is C#COCC1CO1. The van der Waals surface area contributed by atoms with Crippen LogP contribution in [0.15, 0.2) is 0 Å². The van der Waals surface area contributed by atoms with E-state index in [9.17, 15) is 0 Å². The third kappa shape index (κ3) is 1.47. The Hall–Kier alpha value is -0.680. The van der Waals surface area contributed by atoms with Gasteiger partial charge in [0.15, 0.2) is 0 Å². The van der Waals surface area contributed by atoms with E-state index in [1.165, 1.54) is 0 Å². The summed E-state index contributed by atoms with van der Waals surface area (Å²) in [6.45, 7) is 1.36. The number of ether oxygens (including phenoxy) is 2.